The first-order valence-electron chi connectivity index (χ1n) is 6.63. The van der Waals surface area contributed by atoms with E-state index in [1.54, 1.807) is 32.2 Å². The van der Waals surface area contributed by atoms with Gasteiger partial charge in [0.25, 0.3) is 5.91 Å². The van der Waals surface area contributed by atoms with E-state index in [1.165, 1.54) is 22.3 Å². The zero-order valence-electron chi connectivity index (χ0n) is 12.1. The molecule has 1 unspecified atom stereocenters. The number of carbonyl (C=O) groups excluding carboxylic acids is 1. The van der Waals surface area contributed by atoms with E-state index in [0.717, 1.165) is 0 Å². The Labute approximate surface area is 126 Å². The molecule has 2 aromatic rings. The van der Waals surface area contributed by atoms with E-state index in [2.05, 4.69) is 15.5 Å². The standard InChI is InChI=1S/C14H17FN4OS/c1-4-16-14-18-17-12(21-14)13(20)19(3)9(2)10-7-5-6-8-11(10)15/h5-9H,4H2,1-3H3,(H,16,18). The molecule has 112 valence electrons. The molecule has 1 atom stereocenters. The first-order valence-corrected chi connectivity index (χ1v) is 7.45. The molecule has 0 aliphatic rings. The number of halogens is 1. The van der Waals surface area contributed by atoms with Crippen molar-refractivity contribution in [2.45, 2.75) is 19.9 Å². The number of anilines is 1. The molecule has 1 N–H and O–H groups in total. The van der Waals surface area contributed by atoms with Crippen LogP contribution >= 0.6 is 11.3 Å². The number of amides is 1. The third-order valence-electron chi connectivity index (χ3n) is 3.19. The van der Waals surface area contributed by atoms with Crippen molar-refractivity contribution >= 4 is 22.4 Å². The van der Waals surface area contributed by atoms with Gasteiger partial charge in [0.2, 0.25) is 10.1 Å². The number of benzene rings is 1. The van der Waals surface area contributed by atoms with Crippen molar-refractivity contribution < 1.29 is 9.18 Å². The highest BCUT2D eigenvalue weighted by Gasteiger charge is 2.23. The Morgan fingerprint density at radius 2 is 2.14 bits per heavy atom. The zero-order chi connectivity index (χ0) is 15.4. The summed E-state index contributed by atoms with van der Waals surface area (Å²) in [4.78, 5) is 13.8. The lowest BCUT2D eigenvalue weighted by molar-refractivity contribution is 0.0739. The Morgan fingerprint density at radius 1 is 1.43 bits per heavy atom. The molecule has 0 aliphatic heterocycles. The Balaban J connectivity index is 2.16. The summed E-state index contributed by atoms with van der Waals surface area (Å²) in [6.07, 6.45) is 0. The van der Waals surface area contributed by atoms with Gasteiger partial charge in [0, 0.05) is 19.2 Å². The van der Waals surface area contributed by atoms with Gasteiger partial charge in [-0.2, -0.15) is 0 Å². The highest BCUT2D eigenvalue weighted by Crippen LogP contribution is 2.24. The van der Waals surface area contributed by atoms with Crippen LogP contribution in [-0.2, 0) is 0 Å². The Kier molecular flexibility index (Phi) is 4.85. The SMILES string of the molecule is CCNc1nnc(C(=O)N(C)C(C)c2ccccc2F)s1. The Hall–Kier alpha value is -2.02. The van der Waals surface area contributed by atoms with E-state index in [0.29, 0.717) is 17.2 Å². The Morgan fingerprint density at radius 3 is 2.81 bits per heavy atom. The molecule has 2 rings (SSSR count). The van der Waals surface area contributed by atoms with Gasteiger partial charge in [-0.15, -0.1) is 10.2 Å². The van der Waals surface area contributed by atoms with Crippen molar-refractivity contribution in [1.29, 1.82) is 0 Å². The molecule has 7 heteroatoms. The van der Waals surface area contributed by atoms with Crippen molar-refractivity contribution in [3.05, 3.63) is 40.7 Å². The first-order chi connectivity index (χ1) is 10.0. The summed E-state index contributed by atoms with van der Waals surface area (Å²) in [7, 11) is 1.63. The highest BCUT2D eigenvalue weighted by atomic mass is 32.1. The molecule has 0 saturated carbocycles. The van der Waals surface area contributed by atoms with Crippen molar-refractivity contribution in [2.75, 3.05) is 18.9 Å². The second kappa shape index (κ2) is 6.62. The minimum atomic E-state index is -0.384. The number of hydrogen-bond donors (Lipinski definition) is 1. The molecular weight excluding hydrogens is 291 g/mol. The number of carbonyl (C=O) groups is 1. The molecule has 1 amide bonds. The molecule has 0 bridgehead atoms. The average molecular weight is 308 g/mol. The summed E-state index contributed by atoms with van der Waals surface area (Å²) in [5.74, 6) is -0.595. The second-order valence-corrected chi connectivity index (χ2v) is 5.53. The van der Waals surface area contributed by atoms with Crippen LogP contribution in [0.3, 0.4) is 0 Å². The summed E-state index contributed by atoms with van der Waals surface area (Å²) in [5.41, 5.74) is 0.477. The van der Waals surface area contributed by atoms with E-state index in [9.17, 15) is 9.18 Å². The molecule has 1 heterocycles. The van der Waals surface area contributed by atoms with Gasteiger partial charge in [0.15, 0.2) is 0 Å². The van der Waals surface area contributed by atoms with Crippen LogP contribution in [0.2, 0.25) is 0 Å². The normalized spacial score (nSPS) is 12.0. The van der Waals surface area contributed by atoms with Crippen LogP contribution in [0.1, 0.15) is 35.3 Å². The van der Waals surface area contributed by atoms with Gasteiger partial charge in [0.05, 0.1) is 6.04 Å². The van der Waals surface area contributed by atoms with Gasteiger partial charge >= 0.3 is 0 Å². The van der Waals surface area contributed by atoms with Gasteiger partial charge in [0.1, 0.15) is 5.82 Å². The maximum atomic E-state index is 13.8. The second-order valence-electron chi connectivity index (χ2n) is 4.56. The largest absolute Gasteiger partial charge is 0.360 e. The molecule has 0 spiro atoms. The molecule has 0 aliphatic carbocycles. The topological polar surface area (TPSA) is 58.1 Å². The third kappa shape index (κ3) is 3.36. The zero-order valence-corrected chi connectivity index (χ0v) is 12.9. The molecule has 0 fully saturated rings. The fourth-order valence-corrected chi connectivity index (χ4v) is 2.68. The minimum absolute atomic E-state index is 0.271. The van der Waals surface area contributed by atoms with E-state index in [-0.39, 0.29) is 22.8 Å². The van der Waals surface area contributed by atoms with Crippen LogP contribution in [0, 0.1) is 5.82 Å². The predicted octanol–water partition coefficient (Wildman–Crippen LogP) is 2.94. The molecule has 21 heavy (non-hydrogen) atoms. The molecule has 1 aromatic carbocycles. The molecule has 0 saturated heterocycles. The third-order valence-corrected chi connectivity index (χ3v) is 4.06. The molecule has 0 radical (unpaired) electrons. The maximum absolute atomic E-state index is 13.8. The maximum Gasteiger partial charge on any atom is 0.285 e. The van der Waals surface area contributed by atoms with E-state index in [1.807, 2.05) is 6.92 Å². The monoisotopic (exact) mass is 308 g/mol. The van der Waals surface area contributed by atoms with Crippen LogP contribution in [0.4, 0.5) is 9.52 Å². The highest BCUT2D eigenvalue weighted by molar-refractivity contribution is 7.17. The van der Waals surface area contributed by atoms with Crippen molar-refractivity contribution in [2.24, 2.45) is 0 Å². The van der Waals surface area contributed by atoms with Crippen LogP contribution in [0.5, 0.6) is 0 Å². The number of nitrogens with zero attached hydrogens (tertiary/aromatic N) is 3. The number of hydrogen-bond acceptors (Lipinski definition) is 5. The van der Waals surface area contributed by atoms with Crippen molar-refractivity contribution in [3.8, 4) is 0 Å². The van der Waals surface area contributed by atoms with Gasteiger partial charge in [-0.3, -0.25) is 4.79 Å². The lowest BCUT2D eigenvalue weighted by atomic mass is 10.1. The van der Waals surface area contributed by atoms with Gasteiger partial charge in [-0.25, -0.2) is 4.39 Å². The van der Waals surface area contributed by atoms with Crippen LogP contribution in [0.15, 0.2) is 24.3 Å². The van der Waals surface area contributed by atoms with Crippen LogP contribution < -0.4 is 5.32 Å². The number of nitrogens with one attached hydrogen (secondary N) is 1. The average Bonchev–Trinajstić information content (AvgIpc) is 2.94. The smallest absolute Gasteiger partial charge is 0.285 e. The fraction of sp³-hybridized carbons (Fsp3) is 0.357. The summed E-state index contributed by atoms with van der Waals surface area (Å²) >= 11 is 1.19. The van der Waals surface area contributed by atoms with Crippen molar-refractivity contribution in [3.63, 3.8) is 0 Å². The summed E-state index contributed by atoms with van der Waals surface area (Å²) < 4.78 is 13.8. The number of rotatable bonds is 5. The fourth-order valence-electron chi connectivity index (χ4n) is 1.88. The van der Waals surface area contributed by atoms with E-state index < -0.39 is 0 Å². The lowest BCUT2D eigenvalue weighted by Crippen LogP contribution is -2.30. The van der Waals surface area contributed by atoms with Gasteiger partial charge < -0.3 is 10.2 Å². The quantitative estimate of drug-likeness (QED) is 0.922. The van der Waals surface area contributed by atoms with Gasteiger partial charge in [-0.1, -0.05) is 29.5 Å². The Bertz CT molecular complexity index is 631. The van der Waals surface area contributed by atoms with E-state index in [4.69, 9.17) is 0 Å². The summed E-state index contributed by atoms with van der Waals surface area (Å²) in [6.45, 7) is 4.43. The van der Waals surface area contributed by atoms with Crippen molar-refractivity contribution in [1.82, 2.24) is 15.1 Å². The number of aromatic nitrogens is 2. The molecule has 5 nitrogen and oxygen atoms in total. The van der Waals surface area contributed by atoms with Gasteiger partial charge in [-0.05, 0) is 19.9 Å². The molecule has 1 aromatic heterocycles. The molecular formula is C14H17FN4OS. The lowest BCUT2D eigenvalue weighted by Gasteiger charge is -2.24. The first kappa shape index (κ1) is 15.4. The van der Waals surface area contributed by atoms with Crippen LogP contribution in [0.25, 0.3) is 0 Å². The summed E-state index contributed by atoms with van der Waals surface area (Å²) in [5, 5.41) is 11.7. The summed E-state index contributed by atoms with van der Waals surface area (Å²) in [6, 6.07) is 6.05. The minimum Gasteiger partial charge on any atom is -0.360 e. The predicted molar refractivity (Wildman–Crippen MR) is 81.0 cm³/mol. The van der Waals surface area contributed by atoms with E-state index >= 15 is 0 Å². The van der Waals surface area contributed by atoms with Crippen LogP contribution in [-0.4, -0.2) is 34.6 Å².